The molecule has 2 aliphatic rings. The number of halogens is 1. The fraction of sp³-hybridized carbons (Fsp3) is 0.200. The van der Waals surface area contributed by atoms with Crippen LogP contribution in [0.3, 0.4) is 0 Å². The van der Waals surface area contributed by atoms with Crippen LogP contribution < -0.4 is 14.8 Å². The lowest BCUT2D eigenvalue weighted by molar-refractivity contribution is -0.119. The van der Waals surface area contributed by atoms with Crippen LogP contribution in [0, 0.1) is 5.82 Å². The average molecular weight is 383 g/mol. The van der Waals surface area contributed by atoms with Gasteiger partial charge in [0.1, 0.15) is 25.6 Å². The van der Waals surface area contributed by atoms with Gasteiger partial charge in [0, 0.05) is 5.56 Å². The predicted molar refractivity (Wildman–Crippen MR) is 101 cm³/mol. The maximum atomic E-state index is 13.7. The van der Waals surface area contributed by atoms with Crippen molar-refractivity contribution in [2.75, 3.05) is 25.1 Å². The highest BCUT2D eigenvalue weighted by Crippen LogP contribution is 2.31. The van der Waals surface area contributed by atoms with Crippen LogP contribution in [0.2, 0.25) is 0 Å². The molecule has 2 aromatic rings. The summed E-state index contributed by atoms with van der Waals surface area (Å²) in [7, 11) is 0. The van der Waals surface area contributed by atoms with Gasteiger partial charge in [0.15, 0.2) is 17.7 Å². The number of benzene rings is 2. The topological polar surface area (TPSA) is 83.4 Å². The Morgan fingerprint density at radius 2 is 2.00 bits per heavy atom. The molecule has 2 aromatic carbocycles. The number of para-hydroxylation sites is 1. The van der Waals surface area contributed by atoms with Gasteiger partial charge in [-0.1, -0.05) is 12.1 Å². The predicted octanol–water partition coefficient (Wildman–Crippen LogP) is 2.13. The van der Waals surface area contributed by atoms with Crippen LogP contribution in [0.1, 0.15) is 5.56 Å². The van der Waals surface area contributed by atoms with E-state index in [2.05, 4.69) is 10.4 Å². The van der Waals surface area contributed by atoms with E-state index in [-0.39, 0.29) is 12.2 Å². The number of hydrogen-bond acceptors (Lipinski definition) is 6. The van der Waals surface area contributed by atoms with E-state index in [9.17, 15) is 14.3 Å². The average Bonchev–Trinajstić information content (AvgIpc) is 2.71. The molecule has 0 bridgehead atoms. The number of nitrogens with one attached hydrogen (secondary N) is 1. The molecule has 0 spiro atoms. The Bertz CT molecular complexity index is 960. The number of nitrogens with zero attached hydrogens (tertiary/aromatic N) is 2. The molecule has 0 saturated carbocycles. The monoisotopic (exact) mass is 383 g/mol. The van der Waals surface area contributed by atoms with Crippen LogP contribution in [0.15, 0.2) is 59.7 Å². The highest BCUT2D eigenvalue weighted by atomic mass is 19.1. The van der Waals surface area contributed by atoms with Crippen LogP contribution in [0.5, 0.6) is 11.5 Å². The maximum Gasteiger partial charge on any atom is 0.245 e. The van der Waals surface area contributed by atoms with Crippen molar-refractivity contribution in [3.05, 3.63) is 66.0 Å². The third-order valence-corrected chi connectivity index (χ3v) is 4.26. The molecule has 2 aliphatic heterocycles. The Labute approximate surface area is 160 Å². The zero-order chi connectivity index (χ0) is 19.5. The molecule has 1 amide bonds. The number of aliphatic hydroxyl groups excluding tert-OH is 1. The first kappa shape index (κ1) is 18.0. The Morgan fingerprint density at radius 3 is 2.82 bits per heavy atom. The number of anilines is 1. The molecule has 4 rings (SSSR count). The molecular formula is C20H18FN3O4. The van der Waals surface area contributed by atoms with Gasteiger partial charge in [0.2, 0.25) is 5.91 Å². The van der Waals surface area contributed by atoms with Crippen LogP contribution in [-0.4, -0.2) is 47.7 Å². The molecule has 28 heavy (non-hydrogen) atoms. The second-order valence-corrected chi connectivity index (χ2v) is 6.24. The number of carbonyl (C=O) groups excluding carboxylic acids is 1. The maximum absolute atomic E-state index is 13.7. The number of carbonyl (C=O) groups is 1. The Hall–Kier alpha value is -3.39. The molecule has 2 N–H and O–H groups in total. The van der Waals surface area contributed by atoms with E-state index in [0.717, 1.165) is 5.56 Å². The summed E-state index contributed by atoms with van der Waals surface area (Å²) in [6.45, 7) is 0.734. The van der Waals surface area contributed by atoms with Crippen molar-refractivity contribution in [1.82, 2.24) is 5.01 Å². The number of rotatable bonds is 4. The number of hydrazone groups is 1. The zero-order valence-electron chi connectivity index (χ0n) is 14.8. The molecule has 1 atom stereocenters. The van der Waals surface area contributed by atoms with Crippen molar-refractivity contribution in [3.8, 4) is 11.5 Å². The van der Waals surface area contributed by atoms with E-state index in [1.165, 1.54) is 29.3 Å². The smallest absolute Gasteiger partial charge is 0.245 e. The Morgan fingerprint density at radius 1 is 1.21 bits per heavy atom. The molecule has 144 valence electrons. The van der Waals surface area contributed by atoms with Crippen molar-refractivity contribution in [2.45, 2.75) is 6.23 Å². The summed E-state index contributed by atoms with van der Waals surface area (Å²) in [5, 5.41) is 18.2. The number of hydrogen-bond donors (Lipinski definition) is 2. The number of amides is 1. The highest BCUT2D eigenvalue weighted by molar-refractivity contribution is 6.09. The minimum Gasteiger partial charge on any atom is -0.486 e. The van der Waals surface area contributed by atoms with Crippen LogP contribution >= 0.6 is 0 Å². The number of fused-ring (bicyclic) bond motifs is 1. The van der Waals surface area contributed by atoms with Gasteiger partial charge in [0.25, 0.3) is 0 Å². The third-order valence-electron chi connectivity index (χ3n) is 4.26. The van der Waals surface area contributed by atoms with Gasteiger partial charge in [-0.15, -0.1) is 0 Å². The minimum atomic E-state index is -1.06. The Kier molecular flexibility index (Phi) is 4.94. The van der Waals surface area contributed by atoms with Crippen molar-refractivity contribution in [1.29, 1.82) is 0 Å². The van der Waals surface area contributed by atoms with E-state index < -0.39 is 18.0 Å². The van der Waals surface area contributed by atoms with Crippen molar-refractivity contribution >= 4 is 17.3 Å². The van der Waals surface area contributed by atoms with E-state index >= 15 is 0 Å². The molecule has 7 nitrogen and oxygen atoms in total. The van der Waals surface area contributed by atoms with Gasteiger partial charge >= 0.3 is 0 Å². The summed E-state index contributed by atoms with van der Waals surface area (Å²) in [4.78, 5) is 12.3. The van der Waals surface area contributed by atoms with Gasteiger partial charge in [0.05, 0.1) is 11.4 Å². The SMILES string of the molecule is O=C(CN1N=C(c2ccc3c(c2)OCCO3)C=CC1O)Nc1ccccc1F. The first-order valence-electron chi connectivity index (χ1n) is 8.76. The summed E-state index contributed by atoms with van der Waals surface area (Å²) in [5.74, 6) is 0.256. The van der Waals surface area contributed by atoms with E-state index in [1.54, 1.807) is 24.3 Å². The van der Waals surface area contributed by atoms with Gasteiger partial charge in [-0.25, -0.2) is 4.39 Å². The molecule has 8 heteroatoms. The molecule has 0 saturated heterocycles. The summed E-state index contributed by atoms with van der Waals surface area (Å²) in [5.41, 5.74) is 1.39. The van der Waals surface area contributed by atoms with Gasteiger partial charge in [-0.2, -0.15) is 5.10 Å². The largest absolute Gasteiger partial charge is 0.486 e. The fourth-order valence-electron chi connectivity index (χ4n) is 2.89. The van der Waals surface area contributed by atoms with Crippen LogP contribution in [0.4, 0.5) is 10.1 Å². The quantitative estimate of drug-likeness (QED) is 0.845. The molecular weight excluding hydrogens is 365 g/mol. The van der Waals surface area contributed by atoms with E-state index in [0.29, 0.717) is 30.4 Å². The molecule has 2 heterocycles. The fourth-order valence-corrected chi connectivity index (χ4v) is 2.89. The highest BCUT2D eigenvalue weighted by Gasteiger charge is 2.21. The van der Waals surface area contributed by atoms with E-state index in [4.69, 9.17) is 9.47 Å². The Balaban J connectivity index is 1.50. The van der Waals surface area contributed by atoms with Crippen molar-refractivity contribution < 1.29 is 23.8 Å². The van der Waals surface area contributed by atoms with Crippen LogP contribution in [0.25, 0.3) is 0 Å². The van der Waals surface area contributed by atoms with E-state index in [1.807, 2.05) is 6.07 Å². The lowest BCUT2D eigenvalue weighted by Crippen LogP contribution is -2.38. The van der Waals surface area contributed by atoms with Crippen molar-refractivity contribution in [3.63, 3.8) is 0 Å². The van der Waals surface area contributed by atoms with Gasteiger partial charge in [-0.05, 0) is 42.5 Å². The first-order chi connectivity index (χ1) is 13.6. The van der Waals surface area contributed by atoms with Crippen LogP contribution in [-0.2, 0) is 4.79 Å². The summed E-state index contributed by atoms with van der Waals surface area (Å²) >= 11 is 0. The number of aliphatic hydroxyl groups is 1. The molecule has 0 radical (unpaired) electrons. The number of ether oxygens (including phenoxy) is 2. The molecule has 0 fully saturated rings. The van der Waals surface area contributed by atoms with Gasteiger partial charge < -0.3 is 19.9 Å². The summed E-state index contributed by atoms with van der Waals surface area (Å²) in [6.07, 6.45) is 2.13. The lowest BCUT2D eigenvalue weighted by atomic mass is 10.1. The first-order valence-corrected chi connectivity index (χ1v) is 8.76. The van der Waals surface area contributed by atoms with Crippen molar-refractivity contribution in [2.24, 2.45) is 5.10 Å². The zero-order valence-corrected chi connectivity index (χ0v) is 14.8. The second-order valence-electron chi connectivity index (χ2n) is 6.24. The third kappa shape index (κ3) is 3.81. The molecule has 0 aromatic heterocycles. The molecule has 1 unspecified atom stereocenters. The second kappa shape index (κ2) is 7.69. The normalized spacial score (nSPS) is 17.9. The molecule has 0 aliphatic carbocycles. The standard InChI is InChI=1S/C20H18FN3O4/c21-14-3-1-2-4-16(14)22-19(25)12-24-20(26)8-6-15(23-24)13-5-7-17-18(11-13)28-10-9-27-17/h1-8,11,20,26H,9-10,12H2,(H,22,25). The van der Waals surface area contributed by atoms with Gasteiger partial charge in [-0.3, -0.25) is 9.80 Å². The number of allylic oxidation sites excluding steroid dienone is 1. The minimum absolute atomic E-state index is 0.0746. The lowest BCUT2D eigenvalue weighted by Gasteiger charge is -2.26. The summed E-state index contributed by atoms with van der Waals surface area (Å²) < 4.78 is 24.8. The summed E-state index contributed by atoms with van der Waals surface area (Å²) in [6, 6.07) is 11.3.